The van der Waals surface area contributed by atoms with Gasteiger partial charge in [0.25, 0.3) is 0 Å². The summed E-state index contributed by atoms with van der Waals surface area (Å²) in [6.07, 6.45) is -2.19. The molecule has 20 heavy (non-hydrogen) atoms. The third-order valence-electron chi connectivity index (χ3n) is 3.01. The summed E-state index contributed by atoms with van der Waals surface area (Å²) in [6, 6.07) is 4.39. The summed E-state index contributed by atoms with van der Waals surface area (Å²) < 4.78 is 43.0. The van der Waals surface area contributed by atoms with Gasteiger partial charge in [0.05, 0.1) is 12.2 Å². The van der Waals surface area contributed by atoms with Crippen molar-refractivity contribution in [3.63, 3.8) is 0 Å². The minimum absolute atomic E-state index is 0.229. The molecule has 0 bridgehead atoms. The molecule has 0 fully saturated rings. The molecule has 0 aliphatic rings. The molecule has 0 aliphatic carbocycles. The van der Waals surface area contributed by atoms with Crippen molar-refractivity contribution in [3.8, 4) is 0 Å². The molecular weight excluding hydrogens is 269 g/mol. The SMILES string of the molecule is CCOC(=O)CCCCc1ccc(C)c(C(F)(F)F)c1. The van der Waals surface area contributed by atoms with Crippen LogP contribution < -0.4 is 0 Å². The Balaban J connectivity index is 2.51. The molecule has 0 amide bonds. The van der Waals surface area contributed by atoms with Gasteiger partial charge in [-0.25, -0.2) is 0 Å². The topological polar surface area (TPSA) is 26.3 Å². The number of carbonyl (C=O) groups is 1. The molecule has 0 N–H and O–H groups in total. The van der Waals surface area contributed by atoms with Gasteiger partial charge in [0.15, 0.2) is 0 Å². The second-order valence-electron chi connectivity index (χ2n) is 4.66. The first-order valence-electron chi connectivity index (χ1n) is 6.67. The van der Waals surface area contributed by atoms with Gasteiger partial charge in [-0.1, -0.05) is 12.1 Å². The van der Waals surface area contributed by atoms with Gasteiger partial charge in [-0.15, -0.1) is 0 Å². The predicted molar refractivity (Wildman–Crippen MR) is 70.4 cm³/mol. The van der Waals surface area contributed by atoms with Crippen molar-refractivity contribution < 1.29 is 22.7 Å². The van der Waals surface area contributed by atoms with Gasteiger partial charge in [-0.05, 0) is 50.3 Å². The van der Waals surface area contributed by atoms with E-state index in [1.54, 1.807) is 13.0 Å². The molecule has 0 aromatic heterocycles. The van der Waals surface area contributed by atoms with Gasteiger partial charge >= 0.3 is 12.1 Å². The Bertz CT molecular complexity index is 453. The van der Waals surface area contributed by atoms with Crippen molar-refractivity contribution in [2.45, 2.75) is 45.7 Å². The lowest BCUT2D eigenvalue weighted by molar-refractivity contribution is -0.143. The van der Waals surface area contributed by atoms with Crippen LogP contribution in [0.15, 0.2) is 18.2 Å². The average molecular weight is 288 g/mol. The normalized spacial score (nSPS) is 11.4. The van der Waals surface area contributed by atoms with E-state index >= 15 is 0 Å². The molecule has 5 heteroatoms. The van der Waals surface area contributed by atoms with E-state index in [9.17, 15) is 18.0 Å². The van der Waals surface area contributed by atoms with Gasteiger partial charge in [-0.2, -0.15) is 13.2 Å². The number of halogens is 3. The van der Waals surface area contributed by atoms with Crippen LogP contribution in [0.4, 0.5) is 13.2 Å². The fourth-order valence-corrected chi connectivity index (χ4v) is 1.96. The van der Waals surface area contributed by atoms with E-state index < -0.39 is 11.7 Å². The van der Waals surface area contributed by atoms with Gasteiger partial charge < -0.3 is 4.74 Å². The monoisotopic (exact) mass is 288 g/mol. The van der Waals surface area contributed by atoms with Crippen LogP contribution >= 0.6 is 0 Å². The summed E-state index contributed by atoms with van der Waals surface area (Å²) in [4.78, 5) is 11.1. The number of benzene rings is 1. The highest BCUT2D eigenvalue weighted by Gasteiger charge is 2.32. The van der Waals surface area contributed by atoms with Gasteiger partial charge in [0.1, 0.15) is 0 Å². The second kappa shape index (κ2) is 7.31. The number of hydrogen-bond donors (Lipinski definition) is 0. The smallest absolute Gasteiger partial charge is 0.416 e. The van der Waals surface area contributed by atoms with Crippen molar-refractivity contribution in [1.29, 1.82) is 0 Å². The van der Waals surface area contributed by atoms with Gasteiger partial charge in [-0.3, -0.25) is 4.79 Å². The van der Waals surface area contributed by atoms with Crippen molar-refractivity contribution in [1.82, 2.24) is 0 Å². The molecule has 0 aliphatic heterocycles. The number of carbonyl (C=O) groups excluding carboxylic acids is 1. The fraction of sp³-hybridized carbons (Fsp3) is 0.533. The molecule has 112 valence electrons. The van der Waals surface area contributed by atoms with E-state index in [2.05, 4.69) is 0 Å². The van der Waals surface area contributed by atoms with Crippen LogP contribution in [-0.2, 0) is 22.1 Å². The Kier molecular flexibility index (Phi) is 6.05. The Morgan fingerprint density at radius 2 is 1.95 bits per heavy atom. The fourth-order valence-electron chi connectivity index (χ4n) is 1.96. The summed E-state index contributed by atoms with van der Waals surface area (Å²) in [5, 5.41) is 0. The molecule has 0 atom stereocenters. The van der Waals surface area contributed by atoms with Crippen molar-refractivity contribution >= 4 is 5.97 Å². The average Bonchev–Trinajstić information content (AvgIpc) is 2.35. The molecule has 0 heterocycles. The molecule has 1 rings (SSSR count). The predicted octanol–water partition coefficient (Wildman–Crippen LogP) is 4.29. The maximum absolute atomic E-state index is 12.7. The molecule has 0 saturated heterocycles. The zero-order valence-electron chi connectivity index (χ0n) is 11.7. The lowest BCUT2D eigenvalue weighted by Crippen LogP contribution is -2.08. The van der Waals surface area contributed by atoms with E-state index in [-0.39, 0.29) is 11.5 Å². The molecule has 0 spiro atoms. The highest BCUT2D eigenvalue weighted by Crippen LogP contribution is 2.32. The number of aryl methyl sites for hydroxylation is 2. The number of alkyl halides is 3. The summed E-state index contributed by atoms with van der Waals surface area (Å²) in [5.74, 6) is -0.257. The van der Waals surface area contributed by atoms with Crippen LogP contribution in [-0.4, -0.2) is 12.6 Å². The number of unbranched alkanes of at least 4 members (excludes halogenated alkanes) is 1. The Morgan fingerprint density at radius 3 is 2.55 bits per heavy atom. The highest BCUT2D eigenvalue weighted by molar-refractivity contribution is 5.69. The summed E-state index contributed by atoms with van der Waals surface area (Å²) in [5.41, 5.74) is 0.292. The largest absolute Gasteiger partial charge is 0.466 e. The van der Waals surface area contributed by atoms with Crippen molar-refractivity contribution in [2.24, 2.45) is 0 Å². The molecule has 0 radical (unpaired) electrons. The number of rotatable bonds is 6. The maximum atomic E-state index is 12.7. The van der Waals surface area contributed by atoms with Crippen LogP contribution in [0.25, 0.3) is 0 Å². The van der Waals surface area contributed by atoms with E-state index in [4.69, 9.17) is 4.74 Å². The lowest BCUT2D eigenvalue weighted by Gasteiger charge is -2.12. The second-order valence-corrected chi connectivity index (χ2v) is 4.66. The summed E-state index contributed by atoms with van der Waals surface area (Å²) >= 11 is 0. The standard InChI is InChI=1S/C15H19F3O2/c1-3-20-14(19)7-5-4-6-12-9-8-11(2)13(10-12)15(16,17)18/h8-10H,3-7H2,1-2H3. The first kappa shape index (κ1) is 16.5. The first-order chi connectivity index (χ1) is 9.34. The molecule has 1 aromatic carbocycles. The molecule has 1 aromatic rings. The molecular formula is C15H19F3O2. The van der Waals surface area contributed by atoms with Crippen LogP contribution in [0, 0.1) is 6.92 Å². The zero-order valence-corrected chi connectivity index (χ0v) is 11.7. The van der Waals surface area contributed by atoms with Gasteiger partial charge in [0, 0.05) is 6.42 Å². The Hall–Kier alpha value is -1.52. The summed E-state index contributed by atoms with van der Waals surface area (Å²) in [6.45, 7) is 3.54. The quantitative estimate of drug-likeness (QED) is 0.576. The van der Waals surface area contributed by atoms with E-state index in [1.165, 1.54) is 19.1 Å². The van der Waals surface area contributed by atoms with Crippen molar-refractivity contribution in [2.75, 3.05) is 6.61 Å². The first-order valence-corrected chi connectivity index (χ1v) is 6.67. The van der Waals surface area contributed by atoms with E-state index in [0.29, 0.717) is 37.9 Å². The Morgan fingerprint density at radius 1 is 1.25 bits per heavy atom. The van der Waals surface area contributed by atoms with Crippen LogP contribution in [0.2, 0.25) is 0 Å². The minimum atomic E-state index is -4.31. The highest BCUT2D eigenvalue weighted by atomic mass is 19.4. The van der Waals surface area contributed by atoms with Crippen LogP contribution in [0.1, 0.15) is 42.9 Å². The van der Waals surface area contributed by atoms with Crippen molar-refractivity contribution in [3.05, 3.63) is 34.9 Å². The lowest BCUT2D eigenvalue weighted by atomic mass is 10.0. The number of ether oxygens (including phenoxy) is 1. The van der Waals surface area contributed by atoms with E-state index in [1.807, 2.05) is 0 Å². The molecule has 0 saturated carbocycles. The summed E-state index contributed by atoms with van der Waals surface area (Å²) in [7, 11) is 0. The number of hydrogen-bond acceptors (Lipinski definition) is 2. The maximum Gasteiger partial charge on any atom is 0.416 e. The number of esters is 1. The molecule has 2 nitrogen and oxygen atoms in total. The third-order valence-corrected chi connectivity index (χ3v) is 3.01. The third kappa shape index (κ3) is 5.23. The zero-order chi connectivity index (χ0) is 15.2. The Labute approximate surface area is 116 Å². The minimum Gasteiger partial charge on any atom is -0.466 e. The van der Waals surface area contributed by atoms with E-state index in [0.717, 1.165) is 0 Å². The van der Waals surface area contributed by atoms with Crippen LogP contribution in [0.5, 0.6) is 0 Å². The van der Waals surface area contributed by atoms with Crippen LogP contribution in [0.3, 0.4) is 0 Å². The molecule has 0 unspecified atom stereocenters. The van der Waals surface area contributed by atoms with Gasteiger partial charge in [0.2, 0.25) is 0 Å².